The molecule has 46 heavy (non-hydrogen) atoms. The van der Waals surface area contributed by atoms with Gasteiger partial charge in [-0.3, -0.25) is 9.59 Å². The third kappa shape index (κ3) is 11.2. The molecule has 252 valence electrons. The van der Waals surface area contributed by atoms with E-state index in [1.165, 1.54) is 19.2 Å². The Morgan fingerprint density at radius 3 is 2.50 bits per heavy atom. The summed E-state index contributed by atoms with van der Waals surface area (Å²) >= 11 is 0. The zero-order chi connectivity index (χ0) is 33.6. The van der Waals surface area contributed by atoms with Gasteiger partial charge in [-0.2, -0.15) is 0 Å². The van der Waals surface area contributed by atoms with Crippen molar-refractivity contribution in [2.24, 2.45) is 11.8 Å². The van der Waals surface area contributed by atoms with Crippen LogP contribution in [0.5, 0.6) is 11.5 Å². The molecule has 2 aliphatic rings. The Morgan fingerprint density at radius 2 is 1.78 bits per heavy atom. The molecule has 3 rings (SSSR count). The number of carbonyl (C=O) groups is 3. The van der Waals surface area contributed by atoms with Gasteiger partial charge in [0.25, 0.3) is 0 Å². The molecule has 5 atom stereocenters. The summed E-state index contributed by atoms with van der Waals surface area (Å²) in [6.07, 6.45) is 16.2. The first kappa shape index (κ1) is 36.6. The van der Waals surface area contributed by atoms with Crippen molar-refractivity contribution in [2.75, 3.05) is 12.4 Å². The Hall–Kier alpha value is -3.89. The van der Waals surface area contributed by atoms with Crippen molar-refractivity contribution in [1.29, 1.82) is 0 Å². The quantitative estimate of drug-likeness (QED) is 0.125. The van der Waals surface area contributed by atoms with E-state index in [1.807, 2.05) is 19.1 Å². The number of rotatable bonds is 5. The van der Waals surface area contributed by atoms with Crippen LogP contribution < -0.4 is 10.6 Å². The number of hydrogen-bond acceptors (Lipinski definition) is 8. The maximum atomic E-state index is 13.1. The van der Waals surface area contributed by atoms with Crippen LogP contribution in [0.4, 0.5) is 5.69 Å². The third-order valence-corrected chi connectivity index (χ3v) is 8.69. The van der Waals surface area contributed by atoms with E-state index in [0.717, 1.165) is 32.1 Å². The summed E-state index contributed by atoms with van der Waals surface area (Å²) in [7, 11) is 1.49. The first-order valence-electron chi connectivity index (χ1n) is 16.2. The predicted molar refractivity (Wildman–Crippen MR) is 177 cm³/mol. The number of benzene rings is 1. The highest BCUT2D eigenvalue weighted by Gasteiger charge is 2.31. The Balaban J connectivity index is 1.82. The van der Waals surface area contributed by atoms with Crippen molar-refractivity contribution >= 4 is 23.5 Å². The summed E-state index contributed by atoms with van der Waals surface area (Å²) in [5, 5.41) is 37.8. The Bertz CT molecular complexity index is 1310. The molecule has 0 saturated heterocycles. The molecular formula is C36H50N2O8. The lowest BCUT2D eigenvalue weighted by molar-refractivity contribution is -0.156. The number of aromatic hydroxyl groups is 2. The predicted octanol–water partition coefficient (Wildman–Crippen LogP) is 5.39. The highest BCUT2D eigenvalue weighted by Crippen LogP contribution is 2.34. The Labute approximate surface area is 272 Å². The number of phenolic OH excluding ortho intramolecular Hbond substituents is 2. The largest absolute Gasteiger partial charge is 0.508 e. The van der Waals surface area contributed by atoms with Crippen molar-refractivity contribution in [2.45, 2.75) is 103 Å². The number of hydrogen-bond donors (Lipinski definition) is 5. The summed E-state index contributed by atoms with van der Waals surface area (Å²) in [6.45, 7) is 5.22. The summed E-state index contributed by atoms with van der Waals surface area (Å²) in [6, 6.07) is 1.89. The lowest BCUT2D eigenvalue weighted by atomic mass is 9.88. The highest BCUT2D eigenvalue weighted by molar-refractivity contribution is 5.93. The normalized spacial score (nSPS) is 27.8. The number of fused-ring (bicyclic) bond motifs is 2. The molecule has 1 aromatic carbocycles. The molecule has 1 fully saturated rings. The van der Waals surface area contributed by atoms with Crippen LogP contribution in [-0.2, 0) is 30.3 Å². The second-order valence-electron chi connectivity index (χ2n) is 12.3. The molecule has 1 aliphatic carbocycles. The molecule has 1 saturated carbocycles. The Morgan fingerprint density at radius 1 is 1.07 bits per heavy atom. The van der Waals surface area contributed by atoms with Gasteiger partial charge in [-0.25, -0.2) is 4.79 Å². The number of aryl methyl sites for hydroxylation is 1. The molecular weight excluding hydrogens is 588 g/mol. The molecule has 1 heterocycles. The van der Waals surface area contributed by atoms with Crippen molar-refractivity contribution < 1.29 is 39.2 Å². The van der Waals surface area contributed by atoms with E-state index in [0.29, 0.717) is 30.4 Å². The molecule has 10 heteroatoms. The second-order valence-corrected chi connectivity index (χ2v) is 12.3. The topological polar surface area (TPSA) is 154 Å². The molecule has 2 bridgehead atoms. The second kappa shape index (κ2) is 18.3. The molecule has 2 amide bonds. The minimum atomic E-state index is -0.940. The van der Waals surface area contributed by atoms with Gasteiger partial charge in [0.15, 0.2) is 0 Å². The minimum absolute atomic E-state index is 0.00853. The zero-order valence-corrected chi connectivity index (χ0v) is 27.4. The maximum absolute atomic E-state index is 13.1. The number of esters is 1. The fraction of sp³-hybridized carbons (Fsp3) is 0.528. The molecule has 5 N–H and O–H groups in total. The van der Waals surface area contributed by atoms with Crippen molar-refractivity contribution in [3.63, 3.8) is 0 Å². The monoisotopic (exact) mass is 638 g/mol. The lowest BCUT2D eigenvalue weighted by Crippen LogP contribution is -2.45. The van der Waals surface area contributed by atoms with Gasteiger partial charge >= 0.3 is 5.97 Å². The van der Waals surface area contributed by atoms with Crippen LogP contribution >= 0.6 is 0 Å². The van der Waals surface area contributed by atoms with Crippen LogP contribution in [0.25, 0.3) is 0 Å². The summed E-state index contributed by atoms with van der Waals surface area (Å²) in [4.78, 5) is 38.6. The average Bonchev–Trinajstić information content (AvgIpc) is 3.04. The molecule has 0 radical (unpaired) electrons. The summed E-state index contributed by atoms with van der Waals surface area (Å²) < 4.78 is 11.3. The van der Waals surface area contributed by atoms with Gasteiger partial charge in [0.2, 0.25) is 11.8 Å². The molecule has 10 nitrogen and oxygen atoms in total. The van der Waals surface area contributed by atoms with E-state index in [1.54, 1.807) is 44.2 Å². The number of methoxy groups -OCH3 is 1. The third-order valence-electron chi connectivity index (χ3n) is 8.69. The molecule has 1 aliphatic heterocycles. The number of aliphatic hydroxyl groups is 1. The van der Waals surface area contributed by atoms with Crippen molar-refractivity contribution in [3.8, 4) is 11.5 Å². The number of amides is 2. The fourth-order valence-electron chi connectivity index (χ4n) is 5.76. The van der Waals surface area contributed by atoms with Crippen LogP contribution in [0.1, 0.15) is 77.7 Å². The number of ether oxygens (including phenoxy) is 2. The van der Waals surface area contributed by atoms with Gasteiger partial charge in [0.1, 0.15) is 23.6 Å². The molecule has 1 aromatic rings. The van der Waals surface area contributed by atoms with Crippen molar-refractivity contribution in [1.82, 2.24) is 5.32 Å². The number of aliphatic hydroxyl groups excluding tert-OH is 1. The summed E-state index contributed by atoms with van der Waals surface area (Å²) in [5.41, 5.74) is 1.19. The average molecular weight is 639 g/mol. The van der Waals surface area contributed by atoms with Crippen LogP contribution in [0.15, 0.2) is 60.2 Å². The fourth-order valence-corrected chi connectivity index (χ4v) is 5.76. The minimum Gasteiger partial charge on any atom is -0.508 e. The van der Waals surface area contributed by atoms with Crippen LogP contribution in [0.2, 0.25) is 0 Å². The number of allylic oxidation sites excluding steroid dienone is 5. The highest BCUT2D eigenvalue weighted by atomic mass is 16.5. The van der Waals surface area contributed by atoms with Gasteiger partial charge in [-0.15, -0.1) is 0 Å². The summed E-state index contributed by atoms with van der Waals surface area (Å²) in [5.74, 6) is -1.90. The van der Waals surface area contributed by atoms with Gasteiger partial charge in [-0.1, -0.05) is 68.7 Å². The Kier molecular flexibility index (Phi) is 14.6. The number of carbonyl (C=O) groups excluding carboxylic acids is 3. The van der Waals surface area contributed by atoms with E-state index < -0.39 is 42.1 Å². The van der Waals surface area contributed by atoms with E-state index in [9.17, 15) is 29.7 Å². The zero-order valence-electron chi connectivity index (χ0n) is 27.4. The van der Waals surface area contributed by atoms with Crippen molar-refractivity contribution in [3.05, 3.63) is 65.8 Å². The van der Waals surface area contributed by atoms with Crippen LogP contribution in [0, 0.1) is 11.8 Å². The van der Waals surface area contributed by atoms with E-state index in [2.05, 4.69) is 10.6 Å². The first-order chi connectivity index (χ1) is 22.0. The van der Waals surface area contributed by atoms with Crippen LogP contribution in [-0.4, -0.2) is 64.6 Å². The van der Waals surface area contributed by atoms with Crippen LogP contribution in [0.3, 0.4) is 0 Å². The standard InChI is InChI=1S/C36H50N2O8/c1-23-14-13-17-27-20-28(39)21-30(34(27)42)38-32(40)22-29(45-4)18-11-6-5-7-12-19-31(24(2)33(23)41)46-36(44)25(3)37-35(43)26-15-9-8-10-16-26/h5-7,11-12,14,18,20-21,24-26,29,31,33,39,41-42H,8-10,13,15-17,19,22H2,1-4H3,(H,37,43)(H,38,40)/b6-5+,12-7+,18-11-,23-14-/t24-,25+,29-,31-,33-/m0/s1. The maximum Gasteiger partial charge on any atom is 0.328 e. The number of anilines is 1. The number of phenols is 2. The molecule has 0 unspecified atom stereocenters. The smallest absolute Gasteiger partial charge is 0.328 e. The van der Waals surface area contributed by atoms with Gasteiger partial charge in [0, 0.05) is 31.4 Å². The van der Waals surface area contributed by atoms with Gasteiger partial charge in [-0.05, 0) is 56.7 Å². The lowest BCUT2D eigenvalue weighted by Gasteiger charge is -2.29. The molecule has 0 aromatic heterocycles. The first-order valence-corrected chi connectivity index (χ1v) is 16.2. The van der Waals surface area contributed by atoms with E-state index in [4.69, 9.17) is 9.47 Å². The van der Waals surface area contributed by atoms with Gasteiger partial charge < -0.3 is 35.4 Å². The van der Waals surface area contributed by atoms with E-state index >= 15 is 0 Å². The SMILES string of the molecule is CO[C@H]1\C=C/C=C/C=C/C[C@H](OC(=O)[C@@H](C)NC(=O)C2CCCCC2)[C@H](C)[C@@H](O)/C(C)=C\CCc2cc(O)cc(c2O)NC(=O)C1. The number of nitrogens with one attached hydrogen (secondary N) is 2. The van der Waals surface area contributed by atoms with Gasteiger partial charge in [0.05, 0.1) is 24.3 Å². The molecule has 0 spiro atoms. The van der Waals surface area contributed by atoms with E-state index in [-0.39, 0.29) is 35.4 Å².